The fourth-order valence-corrected chi connectivity index (χ4v) is 2.64. The summed E-state index contributed by atoms with van der Waals surface area (Å²) in [5, 5.41) is 13.7. The molecule has 1 amide bonds. The van der Waals surface area contributed by atoms with Gasteiger partial charge in [-0.3, -0.25) is 14.6 Å². The third-order valence-corrected chi connectivity index (χ3v) is 3.90. The number of carboxylic acid groups (broad SMARTS) is 1. The first-order valence-corrected chi connectivity index (χ1v) is 6.99. The average Bonchev–Trinajstić information content (AvgIpc) is 2.91. The van der Waals surface area contributed by atoms with Crippen molar-refractivity contribution in [2.24, 2.45) is 0 Å². The lowest BCUT2D eigenvalue weighted by Gasteiger charge is -2.15. The van der Waals surface area contributed by atoms with E-state index in [0.717, 1.165) is 4.88 Å². The lowest BCUT2D eigenvalue weighted by atomic mass is 10.1. The third-order valence-electron chi connectivity index (χ3n) is 2.58. The number of carbonyl (C=O) groups is 2. The van der Waals surface area contributed by atoms with Gasteiger partial charge < -0.3 is 10.4 Å². The summed E-state index contributed by atoms with van der Waals surface area (Å²) < 4.78 is 0. The first kappa shape index (κ1) is 14.5. The van der Waals surface area contributed by atoms with Gasteiger partial charge in [0.1, 0.15) is 0 Å². The maximum absolute atomic E-state index is 12.1. The number of nitrogens with one attached hydrogen (secondary N) is 1. The number of rotatable bonds is 5. The molecule has 0 aromatic carbocycles. The molecule has 2 rings (SSSR count). The van der Waals surface area contributed by atoms with E-state index < -0.39 is 17.9 Å². The van der Waals surface area contributed by atoms with E-state index in [-0.39, 0.29) is 17.0 Å². The lowest BCUT2D eigenvalue weighted by molar-refractivity contribution is -0.137. The first-order valence-electron chi connectivity index (χ1n) is 5.73. The van der Waals surface area contributed by atoms with Gasteiger partial charge in [0.05, 0.1) is 23.0 Å². The Balaban J connectivity index is 2.18. The summed E-state index contributed by atoms with van der Waals surface area (Å²) >= 11 is 7.31. The zero-order chi connectivity index (χ0) is 14.5. The minimum atomic E-state index is -0.985. The average molecular weight is 311 g/mol. The summed E-state index contributed by atoms with van der Waals surface area (Å²) in [6, 6.07) is 4.51. The predicted octanol–water partition coefficient (Wildman–Crippen LogP) is 2.74. The second-order valence-corrected chi connectivity index (χ2v) is 5.38. The van der Waals surface area contributed by atoms with Crippen LogP contribution in [-0.2, 0) is 4.79 Å². The first-order chi connectivity index (χ1) is 9.58. The summed E-state index contributed by atoms with van der Waals surface area (Å²) in [6.45, 7) is 0. The van der Waals surface area contributed by atoms with Gasteiger partial charge >= 0.3 is 5.97 Å². The molecule has 2 heterocycles. The van der Waals surface area contributed by atoms with E-state index in [0.29, 0.717) is 0 Å². The number of nitrogens with zero attached hydrogens (tertiary/aromatic N) is 1. The molecule has 2 aromatic heterocycles. The van der Waals surface area contributed by atoms with Crippen LogP contribution in [0.5, 0.6) is 0 Å². The minimum absolute atomic E-state index is 0.190. The van der Waals surface area contributed by atoms with Gasteiger partial charge in [0, 0.05) is 17.3 Å². The molecule has 20 heavy (non-hydrogen) atoms. The summed E-state index contributed by atoms with van der Waals surface area (Å²) in [5.74, 6) is -1.43. The van der Waals surface area contributed by atoms with E-state index in [9.17, 15) is 9.59 Å². The van der Waals surface area contributed by atoms with Crippen molar-refractivity contribution in [2.75, 3.05) is 0 Å². The van der Waals surface area contributed by atoms with Crippen LogP contribution in [0.2, 0.25) is 5.02 Å². The van der Waals surface area contributed by atoms with Gasteiger partial charge in [0.2, 0.25) is 0 Å². The SMILES string of the molecule is O=C(O)CC(NC(=O)c1cnccc1Cl)c1cccs1. The molecule has 0 aliphatic carbocycles. The highest BCUT2D eigenvalue weighted by atomic mass is 35.5. The van der Waals surface area contributed by atoms with Crippen molar-refractivity contribution >= 4 is 34.8 Å². The van der Waals surface area contributed by atoms with Crippen LogP contribution in [0.4, 0.5) is 0 Å². The van der Waals surface area contributed by atoms with Crippen LogP contribution in [-0.4, -0.2) is 22.0 Å². The number of carboxylic acids is 1. The molecule has 0 radical (unpaired) electrons. The number of carbonyl (C=O) groups excluding carboxylic acids is 1. The number of amides is 1. The van der Waals surface area contributed by atoms with Gasteiger partial charge in [0.15, 0.2) is 0 Å². The number of aliphatic carboxylic acids is 1. The lowest BCUT2D eigenvalue weighted by Crippen LogP contribution is -2.30. The van der Waals surface area contributed by atoms with Gasteiger partial charge in [-0.1, -0.05) is 17.7 Å². The number of halogens is 1. The molecule has 0 fully saturated rings. The van der Waals surface area contributed by atoms with Crippen molar-refractivity contribution in [3.05, 3.63) is 51.4 Å². The normalized spacial score (nSPS) is 11.8. The van der Waals surface area contributed by atoms with Crippen LogP contribution in [0.1, 0.15) is 27.7 Å². The molecule has 2 aromatic rings. The number of pyridine rings is 1. The predicted molar refractivity (Wildman–Crippen MR) is 76.0 cm³/mol. The van der Waals surface area contributed by atoms with E-state index in [2.05, 4.69) is 10.3 Å². The van der Waals surface area contributed by atoms with Crippen molar-refractivity contribution in [3.8, 4) is 0 Å². The van der Waals surface area contributed by atoms with Gasteiger partial charge in [-0.2, -0.15) is 0 Å². The van der Waals surface area contributed by atoms with Crippen LogP contribution in [0.25, 0.3) is 0 Å². The Kier molecular flexibility index (Phi) is 4.70. The van der Waals surface area contributed by atoms with Gasteiger partial charge in [0.25, 0.3) is 5.91 Å². The van der Waals surface area contributed by atoms with Gasteiger partial charge in [-0.05, 0) is 17.5 Å². The Morgan fingerprint density at radius 1 is 1.45 bits per heavy atom. The second kappa shape index (κ2) is 6.49. The summed E-state index contributed by atoms with van der Waals surface area (Å²) in [5.41, 5.74) is 0.223. The third kappa shape index (κ3) is 3.55. The Hall–Kier alpha value is -1.92. The fourth-order valence-electron chi connectivity index (χ4n) is 1.67. The van der Waals surface area contributed by atoms with Crippen molar-refractivity contribution in [1.82, 2.24) is 10.3 Å². The largest absolute Gasteiger partial charge is 0.481 e. The Morgan fingerprint density at radius 3 is 2.85 bits per heavy atom. The Bertz CT molecular complexity index is 616. The van der Waals surface area contributed by atoms with Crippen molar-refractivity contribution in [3.63, 3.8) is 0 Å². The zero-order valence-corrected chi connectivity index (χ0v) is 11.8. The van der Waals surface area contributed by atoms with Crippen LogP contribution in [0, 0.1) is 0 Å². The number of aromatic nitrogens is 1. The van der Waals surface area contributed by atoms with Crippen LogP contribution < -0.4 is 5.32 Å². The van der Waals surface area contributed by atoms with E-state index in [1.54, 1.807) is 12.1 Å². The number of hydrogen-bond donors (Lipinski definition) is 2. The molecule has 0 aliphatic rings. The maximum Gasteiger partial charge on any atom is 0.305 e. The van der Waals surface area contributed by atoms with Gasteiger partial charge in [-0.15, -0.1) is 11.3 Å². The van der Waals surface area contributed by atoms with Crippen molar-refractivity contribution in [2.45, 2.75) is 12.5 Å². The summed E-state index contributed by atoms with van der Waals surface area (Å²) in [4.78, 5) is 27.7. The molecular weight excluding hydrogens is 300 g/mol. The standard InChI is InChI=1S/C13H11ClN2O3S/c14-9-3-4-15-7-8(9)13(19)16-10(6-12(17)18)11-2-1-5-20-11/h1-5,7,10H,6H2,(H,16,19)(H,17,18). The molecule has 0 spiro atoms. The van der Waals surface area contributed by atoms with E-state index in [4.69, 9.17) is 16.7 Å². The van der Waals surface area contributed by atoms with Crippen LogP contribution in [0.3, 0.4) is 0 Å². The van der Waals surface area contributed by atoms with Gasteiger partial charge in [-0.25, -0.2) is 0 Å². The quantitative estimate of drug-likeness (QED) is 0.890. The minimum Gasteiger partial charge on any atom is -0.481 e. The molecule has 7 heteroatoms. The smallest absolute Gasteiger partial charge is 0.305 e. The summed E-state index contributed by atoms with van der Waals surface area (Å²) in [7, 11) is 0. The highest BCUT2D eigenvalue weighted by Gasteiger charge is 2.21. The van der Waals surface area contributed by atoms with Crippen molar-refractivity contribution < 1.29 is 14.7 Å². The van der Waals surface area contributed by atoms with E-state index >= 15 is 0 Å². The second-order valence-electron chi connectivity index (χ2n) is 3.99. The summed E-state index contributed by atoms with van der Waals surface area (Å²) in [6.07, 6.45) is 2.64. The molecule has 0 saturated carbocycles. The maximum atomic E-state index is 12.1. The molecular formula is C13H11ClN2O3S. The fraction of sp³-hybridized carbons (Fsp3) is 0.154. The number of hydrogen-bond acceptors (Lipinski definition) is 4. The molecule has 2 N–H and O–H groups in total. The molecule has 0 aliphatic heterocycles. The number of thiophene rings is 1. The Labute approximate surface area is 124 Å². The molecule has 1 unspecified atom stereocenters. The topological polar surface area (TPSA) is 79.3 Å². The zero-order valence-electron chi connectivity index (χ0n) is 10.2. The molecule has 5 nitrogen and oxygen atoms in total. The van der Waals surface area contributed by atoms with Crippen molar-refractivity contribution in [1.29, 1.82) is 0 Å². The van der Waals surface area contributed by atoms with Crippen LogP contribution in [0.15, 0.2) is 36.0 Å². The van der Waals surface area contributed by atoms with E-state index in [1.807, 2.05) is 5.38 Å². The monoisotopic (exact) mass is 310 g/mol. The molecule has 1 atom stereocenters. The van der Waals surface area contributed by atoms with E-state index in [1.165, 1.54) is 29.8 Å². The Morgan fingerprint density at radius 2 is 2.25 bits per heavy atom. The molecule has 104 valence electrons. The highest BCUT2D eigenvalue weighted by Crippen LogP contribution is 2.23. The molecule has 0 bridgehead atoms. The highest BCUT2D eigenvalue weighted by molar-refractivity contribution is 7.10. The molecule has 0 saturated heterocycles. The van der Waals surface area contributed by atoms with Crippen LogP contribution >= 0.6 is 22.9 Å².